The van der Waals surface area contributed by atoms with Crippen LogP contribution in [0.4, 0.5) is 4.39 Å². The van der Waals surface area contributed by atoms with Crippen LogP contribution in [-0.4, -0.2) is 43.5 Å². The first-order valence-electron chi connectivity index (χ1n) is 6.56. The van der Waals surface area contributed by atoms with Crippen LogP contribution < -0.4 is 0 Å². The first-order chi connectivity index (χ1) is 9.04. The van der Waals surface area contributed by atoms with Crippen molar-refractivity contribution < 1.29 is 13.9 Å². The Morgan fingerprint density at radius 3 is 2.68 bits per heavy atom. The van der Waals surface area contributed by atoms with Gasteiger partial charge in [-0.2, -0.15) is 0 Å². The van der Waals surface area contributed by atoms with Crippen molar-refractivity contribution in [2.24, 2.45) is 0 Å². The van der Waals surface area contributed by atoms with E-state index in [0.717, 1.165) is 6.54 Å². The fourth-order valence-corrected chi connectivity index (χ4v) is 1.89. The molecule has 0 aromatic heterocycles. The molecular formula is C15H22FNO2. The zero-order valence-electron chi connectivity index (χ0n) is 11.9. The molecule has 106 valence electrons. The van der Waals surface area contributed by atoms with Crippen molar-refractivity contribution in [1.29, 1.82) is 0 Å². The summed E-state index contributed by atoms with van der Waals surface area (Å²) >= 11 is 0. The summed E-state index contributed by atoms with van der Waals surface area (Å²) in [6.45, 7) is 6.28. The number of carbonyl (C=O) groups excluding carboxylic acids is 1. The summed E-state index contributed by atoms with van der Waals surface area (Å²) in [5.41, 5.74) is 0.440. The molecule has 0 radical (unpaired) electrons. The summed E-state index contributed by atoms with van der Waals surface area (Å²) in [4.78, 5) is 14.2. The third-order valence-electron chi connectivity index (χ3n) is 3.09. The predicted octanol–water partition coefficient (Wildman–Crippen LogP) is 2.76. The molecule has 0 amide bonds. The minimum Gasteiger partial charge on any atom is -0.383 e. The molecule has 1 aromatic rings. The van der Waals surface area contributed by atoms with Crippen LogP contribution in [0.1, 0.15) is 30.6 Å². The number of halogens is 1. The standard InChI is InChI=1S/C15H22FNO2/c1-12(2)17(9-10-19-3)8-7-15(18)13-5-4-6-14(16)11-13/h4-6,11-12H,7-10H2,1-3H3. The quantitative estimate of drug-likeness (QED) is 0.678. The van der Waals surface area contributed by atoms with Crippen LogP contribution in [0.3, 0.4) is 0 Å². The normalized spacial score (nSPS) is 11.3. The molecule has 4 heteroatoms. The van der Waals surface area contributed by atoms with Gasteiger partial charge in [0.05, 0.1) is 6.61 Å². The molecule has 0 bridgehead atoms. The van der Waals surface area contributed by atoms with Crippen LogP contribution in [0.25, 0.3) is 0 Å². The van der Waals surface area contributed by atoms with E-state index in [1.54, 1.807) is 19.2 Å². The highest BCUT2D eigenvalue weighted by molar-refractivity contribution is 5.96. The predicted molar refractivity (Wildman–Crippen MR) is 73.9 cm³/mol. The lowest BCUT2D eigenvalue weighted by Crippen LogP contribution is -2.35. The molecule has 0 fully saturated rings. The van der Waals surface area contributed by atoms with Crippen LogP contribution in [0.5, 0.6) is 0 Å². The molecule has 0 N–H and O–H groups in total. The Bertz CT molecular complexity index is 407. The van der Waals surface area contributed by atoms with E-state index < -0.39 is 0 Å². The first-order valence-corrected chi connectivity index (χ1v) is 6.56. The Labute approximate surface area is 114 Å². The van der Waals surface area contributed by atoms with Gasteiger partial charge in [0.1, 0.15) is 5.82 Å². The maximum Gasteiger partial charge on any atom is 0.164 e. The van der Waals surface area contributed by atoms with Gasteiger partial charge in [-0.15, -0.1) is 0 Å². The van der Waals surface area contributed by atoms with Crippen molar-refractivity contribution in [3.8, 4) is 0 Å². The minimum atomic E-state index is -0.369. The van der Waals surface area contributed by atoms with E-state index in [1.807, 2.05) is 0 Å². The largest absolute Gasteiger partial charge is 0.383 e. The highest BCUT2D eigenvalue weighted by atomic mass is 19.1. The number of carbonyl (C=O) groups is 1. The van der Waals surface area contributed by atoms with E-state index in [2.05, 4.69) is 18.7 Å². The minimum absolute atomic E-state index is 0.0254. The molecular weight excluding hydrogens is 245 g/mol. The topological polar surface area (TPSA) is 29.5 Å². The number of ether oxygens (including phenoxy) is 1. The van der Waals surface area contributed by atoms with E-state index in [-0.39, 0.29) is 11.6 Å². The van der Waals surface area contributed by atoms with Crippen molar-refractivity contribution in [1.82, 2.24) is 4.90 Å². The van der Waals surface area contributed by atoms with Gasteiger partial charge in [0.2, 0.25) is 0 Å². The van der Waals surface area contributed by atoms with Crippen LogP contribution >= 0.6 is 0 Å². The van der Waals surface area contributed by atoms with Crippen molar-refractivity contribution >= 4 is 5.78 Å². The van der Waals surface area contributed by atoms with Gasteiger partial charge < -0.3 is 4.74 Å². The Hall–Kier alpha value is -1.26. The molecule has 0 atom stereocenters. The Kier molecular flexibility index (Phi) is 6.67. The number of hydrogen-bond acceptors (Lipinski definition) is 3. The second kappa shape index (κ2) is 8.02. The zero-order chi connectivity index (χ0) is 14.3. The molecule has 0 aliphatic carbocycles. The zero-order valence-corrected chi connectivity index (χ0v) is 11.9. The molecule has 1 rings (SSSR count). The molecule has 19 heavy (non-hydrogen) atoms. The Morgan fingerprint density at radius 2 is 2.11 bits per heavy atom. The van der Waals surface area contributed by atoms with Gasteiger partial charge in [-0.05, 0) is 26.0 Å². The van der Waals surface area contributed by atoms with Crippen molar-refractivity contribution in [3.05, 3.63) is 35.6 Å². The smallest absolute Gasteiger partial charge is 0.164 e. The third kappa shape index (κ3) is 5.49. The van der Waals surface area contributed by atoms with Gasteiger partial charge in [-0.3, -0.25) is 9.69 Å². The lowest BCUT2D eigenvalue weighted by molar-refractivity contribution is 0.0927. The fraction of sp³-hybridized carbons (Fsp3) is 0.533. The number of nitrogens with zero attached hydrogens (tertiary/aromatic N) is 1. The summed E-state index contributed by atoms with van der Waals surface area (Å²) < 4.78 is 18.1. The highest BCUT2D eigenvalue weighted by Crippen LogP contribution is 2.08. The number of methoxy groups -OCH3 is 1. The van der Waals surface area contributed by atoms with Crippen LogP contribution in [0.15, 0.2) is 24.3 Å². The molecule has 0 saturated carbocycles. The average Bonchev–Trinajstić information content (AvgIpc) is 2.38. The fourth-order valence-electron chi connectivity index (χ4n) is 1.89. The van der Waals surface area contributed by atoms with Crippen molar-refractivity contribution in [3.63, 3.8) is 0 Å². The Morgan fingerprint density at radius 1 is 1.37 bits per heavy atom. The number of hydrogen-bond donors (Lipinski definition) is 0. The monoisotopic (exact) mass is 267 g/mol. The number of rotatable bonds is 8. The molecule has 0 unspecified atom stereocenters. The molecule has 0 aliphatic rings. The lowest BCUT2D eigenvalue weighted by atomic mass is 10.1. The van der Waals surface area contributed by atoms with E-state index in [0.29, 0.717) is 31.2 Å². The number of Topliss-reactive ketones (excluding diaryl/α,β-unsaturated/α-hetero) is 1. The SMILES string of the molecule is COCCN(CCC(=O)c1cccc(F)c1)C(C)C. The summed E-state index contributed by atoms with van der Waals surface area (Å²) in [5.74, 6) is -0.395. The maximum atomic E-state index is 13.0. The third-order valence-corrected chi connectivity index (χ3v) is 3.09. The molecule has 3 nitrogen and oxygen atoms in total. The average molecular weight is 267 g/mol. The molecule has 0 spiro atoms. The van der Waals surface area contributed by atoms with Gasteiger partial charge in [0.25, 0.3) is 0 Å². The van der Waals surface area contributed by atoms with E-state index in [4.69, 9.17) is 4.74 Å². The lowest BCUT2D eigenvalue weighted by Gasteiger charge is -2.25. The van der Waals surface area contributed by atoms with Crippen LogP contribution in [-0.2, 0) is 4.74 Å². The summed E-state index contributed by atoms with van der Waals surface area (Å²) in [7, 11) is 1.66. The molecule has 0 saturated heterocycles. The maximum absolute atomic E-state index is 13.0. The summed E-state index contributed by atoms with van der Waals surface area (Å²) in [6.07, 6.45) is 0.394. The number of ketones is 1. The molecule has 0 aliphatic heterocycles. The van der Waals surface area contributed by atoms with Gasteiger partial charge in [-0.1, -0.05) is 12.1 Å². The van der Waals surface area contributed by atoms with Gasteiger partial charge >= 0.3 is 0 Å². The Balaban J connectivity index is 2.52. The van der Waals surface area contributed by atoms with Crippen molar-refractivity contribution in [2.45, 2.75) is 26.3 Å². The first kappa shape index (κ1) is 15.8. The van der Waals surface area contributed by atoms with Gasteiger partial charge in [0.15, 0.2) is 5.78 Å². The van der Waals surface area contributed by atoms with Gasteiger partial charge in [0, 0.05) is 38.2 Å². The van der Waals surface area contributed by atoms with Gasteiger partial charge in [-0.25, -0.2) is 4.39 Å². The molecule has 1 aromatic carbocycles. The van der Waals surface area contributed by atoms with E-state index in [1.165, 1.54) is 12.1 Å². The summed E-state index contributed by atoms with van der Waals surface area (Å²) in [5, 5.41) is 0. The van der Waals surface area contributed by atoms with E-state index in [9.17, 15) is 9.18 Å². The van der Waals surface area contributed by atoms with Crippen molar-refractivity contribution in [2.75, 3.05) is 26.8 Å². The van der Waals surface area contributed by atoms with Crippen LogP contribution in [0.2, 0.25) is 0 Å². The summed E-state index contributed by atoms with van der Waals surface area (Å²) in [6, 6.07) is 6.21. The van der Waals surface area contributed by atoms with Crippen LogP contribution in [0, 0.1) is 5.82 Å². The molecule has 0 heterocycles. The number of benzene rings is 1. The second-order valence-electron chi connectivity index (χ2n) is 4.81. The second-order valence-corrected chi connectivity index (χ2v) is 4.81. The highest BCUT2D eigenvalue weighted by Gasteiger charge is 2.12. The van der Waals surface area contributed by atoms with E-state index >= 15 is 0 Å².